The van der Waals surface area contributed by atoms with Gasteiger partial charge in [-0.3, -0.25) is 9.67 Å². The topological polar surface area (TPSA) is 50.9 Å². The molecule has 1 aliphatic heterocycles. The summed E-state index contributed by atoms with van der Waals surface area (Å²) < 4.78 is 28.4. The number of hydrogen-bond donors (Lipinski definition) is 1. The molecule has 0 saturated heterocycles. The smallest absolute Gasteiger partial charge is 0.153 e. The number of aryl methyl sites for hydroxylation is 1. The number of aromatic nitrogens is 3. The molecule has 6 heteroatoms. The fraction of sp³-hybridized carbons (Fsp3) is 0.385. The van der Waals surface area contributed by atoms with E-state index in [2.05, 4.69) is 10.1 Å². The lowest BCUT2D eigenvalue weighted by Gasteiger charge is -2.28. The summed E-state index contributed by atoms with van der Waals surface area (Å²) >= 11 is 0. The summed E-state index contributed by atoms with van der Waals surface area (Å²) in [5.41, 5.74) is 0.448. The quantitative estimate of drug-likeness (QED) is 0.899. The van der Waals surface area contributed by atoms with Crippen molar-refractivity contribution in [3.63, 3.8) is 0 Å². The normalized spacial score (nSPS) is 22.3. The van der Waals surface area contributed by atoms with Gasteiger partial charge in [-0.1, -0.05) is 0 Å². The van der Waals surface area contributed by atoms with Crippen molar-refractivity contribution >= 4 is 0 Å². The molecule has 0 saturated carbocycles. The van der Waals surface area contributed by atoms with Crippen molar-refractivity contribution in [3.8, 4) is 11.4 Å². The molecule has 1 atom stereocenters. The molecule has 19 heavy (non-hydrogen) atoms. The molecule has 0 radical (unpaired) electrons. The molecular weight excluding hydrogens is 252 g/mol. The minimum Gasteiger partial charge on any atom is -0.393 e. The largest absolute Gasteiger partial charge is 0.393 e. The van der Waals surface area contributed by atoms with Gasteiger partial charge >= 0.3 is 0 Å². The third-order valence-corrected chi connectivity index (χ3v) is 3.40. The van der Waals surface area contributed by atoms with E-state index in [1.807, 2.05) is 6.07 Å². The minimum absolute atomic E-state index is 0.0417. The number of rotatable bonds is 2. The highest BCUT2D eigenvalue weighted by Gasteiger charge is 2.34. The van der Waals surface area contributed by atoms with Crippen LogP contribution in [0.15, 0.2) is 24.4 Å². The molecule has 2 aromatic heterocycles. The van der Waals surface area contributed by atoms with Crippen molar-refractivity contribution in [2.45, 2.75) is 25.1 Å². The number of nitrogens with zero attached hydrogens (tertiary/aromatic N) is 3. The van der Waals surface area contributed by atoms with E-state index in [-0.39, 0.29) is 13.0 Å². The summed E-state index contributed by atoms with van der Waals surface area (Å²) in [5.74, 6) is -0.407. The second kappa shape index (κ2) is 4.38. The highest BCUT2D eigenvalue weighted by atomic mass is 19.1. The van der Waals surface area contributed by atoms with Crippen LogP contribution in [0.4, 0.5) is 8.78 Å². The number of aliphatic hydroxyl groups excluding tert-OH is 1. The van der Waals surface area contributed by atoms with E-state index in [0.29, 0.717) is 17.8 Å². The standard InChI is InChI=1S/C13H13F2N3O/c14-9-1-2-11(16-6-9)12-5-10-3-4-13(15,8-19)7-18(10)17-12/h1-2,5-6,19H,3-4,7-8H2. The fourth-order valence-electron chi connectivity index (χ4n) is 2.27. The number of halogens is 2. The van der Waals surface area contributed by atoms with Gasteiger partial charge in [0.25, 0.3) is 0 Å². The van der Waals surface area contributed by atoms with Crippen LogP contribution < -0.4 is 0 Å². The van der Waals surface area contributed by atoms with Crippen LogP contribution in [0.5, 0.6) is 0 Å². The lowest BCUT2D eigenvalue weighted by molar-refractivity contribution is 0.0326. The van der Waals surface area contributed by atoms with E-state index in [0.717, 1.165) is 11.9 Å². The monoisotopic (exact) mass is 265 g/mol. The van der Waals surface area contributed by atoms with Crippen LogP contribution in [0, 0.1) is 5.82 Å². The lowest BCUT2D eigenvalue weighted by atomic mass is 9.96. The second-order valence-corrected chi connectivity index (χ2v) is 4.85. The Labute approximate surface area is 108 Å². The Kier molecular flexibility index (Phi) is 2.82. The van der Waals surface area contributed by atoms with Crippen LogP contribution in [-0.2, 0) is 13.0 Å². The van der Waals surface area contributed by atoms with Gasteiger partial charge in [0.1, 0.15) is 11.5 Å². The fourth-order valence-corrected chi connectivity index (χ4v) is 2.27. The number of alkyl halides is 1. The van der Waals surface area contributed by atoms with Gasteiger partial charge in [0.05, 0.1) is 25.0 Å². The van der Waals surface area contributed by atoms with Gasteiger partial charge < -0.3 is 5.11 Å². The molecule has 0 amide bonds. The molecule has 0 spiro atoms. The van der Waals surface area contributed by atoms with Crippen LogP contribution in [0.2, 0.25) is 0 Å². The first-order valence-electron chi connectivity index (χ1n) is 6.08. The molecule has 3 heterocycles. The van der Waals surface area contributed by atoms with E-state index in [4.69, 9.17) is 5.11 Å². The maximum absolute atomic E-state index is 14.1. The first-order chi connectivity index (χ1) is 9.09. The van der Waals surface area contributed by atoms with Gasteiger partial charge in [-0.05, 0) is 31.0 Å². The van der Waals surface area contributed by atoms with Crippen LogP contribution in [-0.4, -0.2) is 32.1 Å². The molecular formula is C13H13F2N3O. The Balaban J connectivity index is 1.93. The predicted molar refractivity (Wildman–Crippen MR) is 64.7 cm³/mol. The molecule has 2 aromatic rings. The van der Waals surface area contributed by atoms with Crippen LogP contribution >= 0.6 is 0 Å². The average Bonchev–Trinajstić information content (AvgIpc) is 2.82. The van der Waals surface area contributed by atoms with Crippen molar-refractivity contribution in [2.75, 3.05) is 6.61 Å². The summed E-state index contributed by atoms with van der Waals surface area (Å²) in [6.07, 6.45) is 1.93. The SMILES string of the molecule is OCC1(F)CCc2cc(-c3ccc(F)cn3)nn2C1. The Morgan fingerprint density at radius 2 is 2.21 bits per heavy atom. The molecule has 0 aromatic carbocycles. The second-order valence-electron chi connectivity index (χ2n) is 4.85. The van der Waals surface area contributed by atoms with Gasteiger partial charge in [-0.15, -0.1) is 0 Å². The van der Waals surface area contributed by atoms with E-state index in [9.17, 15) is 8.78 Å². The highest BCUT2D eigenvalue weighted by molar-refractivity contribution is 5.54. The van der Waals surface area contributed by atoms with Gasteiger partial charge in [0.15, 0.2) is 5.67 Å². The zero-order valence-corrected chi connectivity index (χ0v) is 10.2. The van der Waals surface area contributed by atoms with Crippen molar-refractivity contribution in [3.05, 3.63) is 35.9 Å². The lowest BCUT2D eigenvalue weighted by Crippen LogP contribution is -2.38. The summed E-state index contributed by atoms with van der Waals surface area (Å²) in [7, 11) is 0. The Bertz CT molecular complexity index is 596. The molecule has 1 N–H and O–H groups in total. The molecule has 4 nitrogen and oxygen atoms in total. The third kappa shape index (κ3) is 2.23. The average molecular weight is 265 g/mol. The highest BCUT2D eigenvalue weighted by Crippen LogP contribution is 2.29. The zero-order chi connectivity index (χ0) is 13.5. The number of fused-ring (bicyclic) bond motifs is 1. The van der Waals surface area contributed by atoms with Gasteiger partial charge in [0, 0.05) is 5.69 Å². The Hall–Kier alpha value is -1.82. The minimum atomic E-state index is -1.60. The maximum atomic E-state index is 14.1. The van der Waals surface area contributed by atoms with Crippen molar-refractivity contribution in [1.29, 1.82) is 0 Å². The van der Waals surface area contributed by atoms with Crippen molar-refractivity contribution in [1.82, 2.24) is 14.8 Å². The maximum Gasteiger partial charge on any atom is 0.153 e. The molecule has 3 rings (SSSR count). The summed E-state index contributed by atoms with van der Waals surface area (Å²) in [6.45, 7) is -0.462. The van der Waals surface area contributed by atoms with Crippen molar-refractivity contribution in [2.24, 2.45) is 0 Å². The Morgan fingerprint density at radius 3 is 2.89 bits per heavy atom. The van der Waals surface area contributed by atoms with Crippen LogP contribution in [0.1, 0.15) is 12.1 Å². The zero-order valence-electron chi connectivity index (χ0n) is 10.2. The summed E-state index contributed by atoms with van der Waals surface area (Å²) in [4.78, 5) is 3.95. The Morgan fingerprint density at radius 1 is 1.37 bits per heavy atom. The van der Waals surface area contributed by atoms with Gasteiger partial charge in [0.2, 0.25) is 0 Å². The van der Waals surface area contributed by atoms with Crippen LogP contribution in [0.3, 0.4) is 0 Å². The predicted octanol–water partition coefficient (Wildman–Crippen LogP) is 1.73. The first-order valence-corrected chi connectivity index (χ1v) is 6.08. The van der Waals surface area contributed by atoms with E-state index in [1.165, 1.54) is 6.07 Å². The molecule has 1 unspecified atom stereocenters. The van der Waals surface area contributed by atoms with Gasteiger partial charge in [-0.25, -0.2) is 8.78 Å². The summed E-state index contributed by atoms with van der Waals surface area (Å²) in [6, 6.07) is 4.68. The number of pyridine rings is 1. The molecule has 100 valence electrons. The molecule has 0 aliphatic carbocycles. The molecule has 0 fully saturated rings. The van der Waals surface area contributed by atoms with E-state index >= 15 is 0 Å². The number of hydrogen-bond acceptors (Lipinski definition) is 3. The summed E-state index contributed by atoms with van der Waals surface area (Å²) in [5, 5.41) is 13.3. The molecule has 1 aliphatic rings. The molecule has 0 bridgehead atoms. The number of aliphatic hydroxyl groups is 1. The van der Waals surface area contributed by atoms with E-state index < -0.39 is 18.1 Å². The van der Waals surface area contributed by atoms with Crippen LogP contribution in [0.25, 0.3) is 11.4 Å². The van der Waals surface area contributed by atoms with Gasteiger partial charge in [-0.2, -0.15) is 5.10 Å². The first kappa shape index (κ1) is 12.2. The van der Waals surface area contributed by atoms with E-state index in [1.54, 1.807) is 10.7 Å². The van der Waals surface area contributed by atoms with Crippen molar-refractivity contribution < 1.29 is 13.9 Å². The third-order valence-electron chi connectivity index (χ3n) is 3.40.